The number of carbonyl (C=O) groups is 1. The SMILES string of the molecule is CCOC(=O)C(/C=C/c1ccccc1)(Nc1c(F)c(F)nc(F)c1F)c1ccccc1. The molecule has 2 aromatic carbocycles. The number of aromatic nitrogens is 1. The highest BCUT2D eigenvalue weighted by molar-refractivity contribution is 5.90. The van der Waals surface area contributed by atoms with Crippen LogP contribution in [-0.4, -0.2) is 17.6 Å². The summed E-state index contributed by atoms with van der Waals surface area (Å²) in [4.78, 5) is 15.7. The molecule has 3 rings (SSSR count). The number of nitrogens with zero attached hydrogens (tertiary/aromatic N) is 1. The summed E-state index contributed by atoms with van der Waals surface area (Å²) in [5, 5.41) is 2.35. The Kier molecular flexibility index (Phi) is 6.69. The average molecular weight is 430 g/mol. The Morgan fingerprint density at radius 3 is 2.06 bits per heavy atom. The normalized spacial score (nSPS) is 13.1. The number of ether oxygens (including phenoxy) is 1. The molecule has 0 saturated heterocycles. The Labute approximate surface area is 176 Å². The number of nitrogens with one attached hydrogen (secondary N) is 1. The Bertz CT molecular complexity index is 1070. The van der Waals surface area contributed by atoms with E-state index >= 15 is 0 Å². The van der Waals surface area contributed by atoms with Gasteiger partial charge in [-0.1, -0.05) is 66.7 Å². The molecule has 4 nitrogen and oxygen atoms in total. The number of pyridine rings is 1. The van der Waals surface area contributed by atoms with Gasteiger partial charge in [-0.2, -0.15) is 22.5 Å². The Balaban J connectivity index is 2.24. The van der Waals surface area contributed by atoms with Crippen LogP contribution in [0.1, 0.15) is 18.1 Å². The van der Waals surface area contributed by atoms with E-state index in [0.29, 0.717) is 5.56 Å². The molecule has 8 heteroatoms. The lowest BCUT2D eigenvalue weighted by molar-refractivity contribution is -0.147. The van der Waals surface area contributed by atoms with Gasteiger partial charge in [0.2, 0.25) is 11.6 Å². The van der Waals surface area contributed by atoms with E-state index in [0.717, 1.165) is 0 Å². The van der Waals surface area contributed by atoms with E-state index in [1.165, 1.54) is 24.3 Å². The number of halogens is 4. The van der Waals surface area contributed by atoms with Crippen LogP contribution in [-0.2, 0) is 15.1 Å². The predicted molar refractivity (Wildman–Crippen MR) is 108 cm³/mol. The lowest BCUT2D eigenvalue weighted by Crippen LogP contribution is -2.44. The molecule has 0 aliphatic rings. The summed E-state index contributed by atoms with van der Waals surface area (Å²) in [5.41, 5.74) is -2.28. The van der Waals surface area contributed by atoms with Gasteiger partial charge in [0.25, 0.3) is 11.9 Å². The second-order valence-corrected chi connectivity index (χ2v) is 6.46. The van der Waals surface area contributed by atoms with Gasteiger partial charge in [0.05, 0.1) is 6.61 Å². The van der Waals surface area contributed by atoms with Crippen LogP contribution in [0.25, 0.3) is 6.08 Å². The van der Waals surface area contributed by atoms with Crippen molar-refractivity contribution in [3.8, 4) is 0 Å². The zero-order valence-corrected chi connectivity index (χ0v) is 16.4. The predicted octanol–water partition coefficient (Wildman–Crippen LogP) is 5.22. The minimum absolute atomic E-state index is 0.0433. The van der Waals surface area contributed by atoms with Crippen molar-refractivity contribution in [3.05, 3.63) is 101 Å². The lowest BCUT2D eigenvalue weighted by Gasteiger charge is -2.31. The van der Waals surface area contributed by atoms with Crippen LogP contribution >= 0.6 is 0 Å². The average Bonchev–Trinajstić information content (AvgIpc) is 2.79. The summed E-state index contributed by atoms with van der Waals surface area (Å²) in [5.74, 6) is -8.16. The van der Waals surface area contributed by atoms with Crippen molar-refractivity contribution in [1.29, 1.82) is 0 Å². The molecule has 0 radical (unpaired) electrons. The molecule has 1 aromatic heterocycles. The second-order valence-electron chi connectivity index (χ2n) is 6.46. The summed E-state index contributed by atoms with van der Waals surface area (Å²) in [6, 6.07) is 16.7. The lowest BCUT2D eigenvalue weighted by atomic mass is 9.88. The van der Waals surface area contributed by atoms with Gasteiger partial charge in [-0.25, -0.2) is 4.79 Å². The van der Waals surface area contributed by atoms with Gasteiger partial charge in [0.15, 0.2) is 5.54 Å². The maximum atomic E-state index is 14.4. The molecular formula is C23H18F4N2O2. The number of rotatable bonds is 7. The van der Waals surface area contributed by atoms with Crippen molar-refractivity contribution in [1.82, 2.24) is 4.98 Å². The van der Waals surface area contributed by atoms with Crippen molar-refractivity contribution >= 4 is 17.7 Å². The summed E-state index contributed by atoms with van der Waals surface area (Å²) < 4.78 is 61.5. The van der Waals surface area contributed by atoms with Crippen LogP contribution in [0.15, 0.2) is 66.7 Å². The second kappa shape index (κ2) is 9.42. The fourth-order valence-corrected chi connectivity index (χ4v) is 2.97. The molecule has 0 aliphatic carbocycles. The molecule has 1 unspecified atom stereocenters. The van der Waals surface area contributed by atoms with Crippen LogP contribution in [0.5, 0.6) is 0 Å². The number of esters is 1. The monoisotopic (exact) mass is 430 g/mol. The zero-order valence-electron chi connectivity index (χ0n) is 16.4. The number of hydrogen-bond donors (Lipinski definition) is 1. The molecule has 0 bridgehead atoms. The third-order valence-electron chi connectivity index (χ3n) is 4.47. The van der Waals surface area contributed by atoms with E-state index in [9.17, 15) is 22.4 Å². The highest BCUT2D eigenvalue weighted by Crippen LogP contribution is 2.34. The van der Waals surface area contributed by atoms with Gasteiger partial charge in [0.1, 0.15) is 5.69 Å². The maximum Gasteiger partial charge on any atom is 0.340 e. The fraction of sp³-hybridized carbons (Fsp3) is 0.130. The molecule has 0 fully saturated rings. The highest BCUT2D eigenvalue weighted by Gasteiger charge is 2.41. The summed E-state index contributed by atoms with van der Waals surface area (Å²) in [6.45, 7) is 1.51. The minimum atomic E-state index is -2.00. The first kappa shape index (κ1) is 22.0. The zero-order chi connectivity index (χ0) is 22.4. The minimum Gasteiger partial charge on any atom is -0.464 e. The van der Waals surface area contributed by atoms with Crippen LogP contribution < -0.4 is 5.32 Å². The molecular weight excluding hydrogens is 412 g/mol. The first-order valence-electron chi connectivity index (χ1n) is 9.34. The molecule has 0 amide bonds. The first-order valence-corrected chi connectivity index (χ1v) is 9.34. The number of carbonyl (C=O) groups excluding carboxylic acids is 1. The van der Waals surface area contributed by atoms with E-state index < -0.39 is 40.7 Å². The largest absolute Gasteiger partial charge is 0.464 e. The maximum absolute atomic E-state index is 14.4. The molecule has 31 heavy (non-hydrogen) atoms. The van der Waals surface area contributed by atoms with E-state index in [4.69, 9.17) is 4.74 Å². The first-order chi connectivity index (χ1) is 14.9. The Morgan fingerprint density at radius 1 is 0.968 bits per heavy atom. The molecule has 1 atom stereocenters. The Hall–Kier alpha value is -3.68. The van der Waals surface area contributed by atoms with Crippen molar-refractivity contribution < 1.29 is 27.1 Å². The van der Waals surface area contributed by atoms with Crippen LogP contribution in [0.3, 0.4) is 0 Å². The standard InChI is InChI=1S/C23H18F4N2O2/c1-2-31-22(30)23(16-11-7-4-8-12-16,14-13-15-9-5-3-6-10-15)29-19-17(24)20(26)28-21(27)18(19)25/h3-14H,2H2,1H3,(H,28,29)/b14-13+. The van der Waals surface area contributed by atoms with Crippen molar-refractivity contribution in [2.24, 2.45) is 0 Å². The fourth-order valence-electron chi connectivity index (χ4n) is 2.97. The van der Waals surface area contributed by atoms with Gasteiger partial charge in [-0.3, -0.25) is 0 Å². The molecule has 1 heterocycles. The van der Waals surface area contributed by atoms with E-state index in [1.54, 1.807) is 55.5 Å². The molecule has 0 spiro atoms. The van der Waals surface area contributed by atoms with Crippen molar-refractivity contribution in [2.75, 3.05) is 11.9 Å². The highest BCUT2D eigenvalue weighted by atomic mass is 19.2. The van der Waals surface area contributed by atoms with Gasteiger partial charge in [0, 0.05) is 0 Å². The summed E-state index contributed by atoms with van der Waals surface area (Å²) >= 11 is 0. The number of anilines is 1. The Morgan fingerprint density at radius 2 is 1.52 bits per heavy atom. The smallest absolute Gasteiger partial charge is 0.340 e. The van der Waals surface area contributed by atoms with Crippen molar-refractivity contribution in [3.63, 3.8) is 0 Å². The van der Waals surface area contributed by atoms with E-state index in [2.05, 4.69) is 10.3 Å². The third kappa shape index (κ3) is 4.58. The van der Waals surface area contributed by atoms with E-state index in [-0.39, 0.29) is 12.2 Å². The molecule has 1 N–H and O–H groups in total. The van der Waals surface area contributed by atoms with Gasteiger partial charge >= 0.3 is 5.97 Å². The van der Waals surface area contributed by atoms with Crippen LogP contribution in [0.2, 0.25) is 0 Å². The molecule has 160 valence electrons. The number of benzene rings is 2. The van der Waals surface area contributed by atoms with Gasteiger partial charge in [-0.05, 0) is 24.1 Å². The van der Waals surface area contributed by atoms with Gasteiger partial charge < -0.3 is 10.1 Å². The summed E-state index contributed by atoms with van der Waals surface area (Å²) in [7, 11) is 0. The summed E-state index contributed by atoms with van der Waals surface area (Å²) in [6.07, 6.45) is 2.85. The number of hydrogen-bond acceptors (Lipinski definition) is 4. The van der Waals surface area contributed by atoms with Crippen LogP contribution in [0, 0.1) is 23.5 Å². The van der Waals surface area contributed by atoms with Gasteiger partial charge in [-0.15, -0.1) is 0 Å². The topological polar surface area (TPSA) is 51.2 Å². The van der Waals surface area contributed by atoms with Crippen LogP contribution in [0.4, 0.5) is 23.2 Å². The quantitative estimate of drug-likeness (QED) is 0.317. The van der Waals surface area contributed by atoms with E-state index in [1.807, 2.05) is 0 Å². The molecule has 0 saturated carbocycles. The molecule has 0 aliphatic heterocycles. The van der Waals surface area contributed by atoms with Crippen molar-refractivity contribution in [2.45, 2.75) is 12.5 Å². The third-order valence-corrected chi connectivity index (χ3v) is 4.47. The molecule has 3 aromatic rings.